The van der Waals surface area contributed by atoms with Crippen molar-refractivity contribution in [3.63, 3.8) is 0 Å². The van der Waals surface area contributed by atoms with Gasteiger partial charge in [-0.25, -0.2) is 0 Å². The van der Waals surface area contributed by atoms with Crippen LogP contribution in [0.2, 0.25) is 0 Å². The van der Waals surface area contributed by atoms with Gasteiger partial charge in [0.15, 0.2) is 0 Å². The van der Waals surface area contributed by atoms with Crippen molar-refractivity contribution in [1.29, 1.82) is 0 Å². The summed E-state index contributed by atoms with van der Waals surface area (Å²) in [6, 6.07) is 0. The van der Waals surface area contributed by atoms with E-state index >= 15 is 0 Å². The molecule has 3 saturated heterocycles. The van der Waals surface area contributed by atoms with Gasteiger partial charge in [-0.15, -0.1) is 0 Å². The lowest BCUT2D eigenvalue weighted by molar-refractivity contribution is 0.217. The summed E-state index contributed by atoms with van der Waals surface area (Å²) in [4.78, 5) is 5.20. The van der Waals surface area contributed by atoms with E-state index in [1.165, 1.54) is 251 Å². The fourth-order valence-corrected chi connectivity index (χ4v) is 10.8. The average molecular weight is 901 g/mol. The van der Waals surface area contributed by atoms with Crippen LogP contribution in [0.5, 0.6) is 0 Å². The summed E-state index contributed by atoms with van der Waals surface area (Å²) in [5.74, 6) is 9.69. The highest BCUT2D eigenvalue weighted by Gasteiger charge is 2.17. The lowest BCUT2D eigenvalue weighted by Gasteiger charge is -2.26. The van der Waals surface area contributed by atoms with Crippen LogP contribution in [0.15, 0.2) is 0 Å². The van der Waals surface area contributed by atoms with Crippen LogP contribution in [0.25, 0.3) is 0 Å². The van der Waals surface area contributed by atoms with Crippen molar-refractivity contribution in [2.45, 2.75) is 282 Å². The van der Waals surface area contributed by atoms with Crippen molar-refractivity contribution in [2.75, 3.05) is 52.4 Å². The predicted octanol–water partition coefficient (Wildman–Crippen LogP) is 18.7. The highest BCUT2D eigenvalue weighted by Crippen LogP contribution is 2.31. The molecule has 0 spiro atoms. The van der Waals surface area contributed by atoms with Crippen molar-refractivity contribution < 1.29 is 0 Å². The Kier molecular flexibility index (Phi) is 40.4. The van der Waals surface area contributed by atoms with Crippen LogP contribution in [0, 0.1) is 59.2 Å². The van der Waals surface area contributed by atoms with Gasteiger partial charge in [-0.3, -0.25) is 0 Å². The van der Waals surface area contributed by atoms with Gasteiger partial charge in [0.25, 0.3) is 0 Å². The van der Waals surface area contributed by atoms with Crippen LogP contribution < -0.4 is 5.32 Å². The molecule has 384 valence electrons. The molecule has 0 aromatic carbocycles. The molecular formula is C61H125N3. The van der Waals surface area contributed by atoms with Crippen molar-refractivity contribution in [2.24, 2.45) is 59.2 Å². The second-order valence-corrected chi connectivity index (χ2v) is 25.1. The molecule has 0 bridgehead atoms. The number of hydrogen-bond acceptors (Lipinski definition) is 3. The summed E-state index contributed by atoms with van der Waals surface area (Å²) in [6.07, 6.45) is 45.6. The fourth-order valence-electron chi connectivity index (χ4n) is 10.8. The van der Waals surface area contributed by atoms with E-state index in [0.29, 0.717) is 0 Å². The van der Waals surface area contributed by atoms with Gasteiger partial charge < -0.3 is 15.1 Å². The maximum atomic E-state index is 3.40. The number of nitrogens with one attached hydrogen (secondary N) is 1. The smallest absolute Gasteiger partial charge is 0.00163 e. The Balaban J connectivity index is 0.000000384. The van der Waals surface area contributed by atoms with Gasteiger partial charge in [-0.1, -0.05) is 231 Å². The SMILES string of the molecule is CC(C)CCC1CCCC1.CC(C)CCC1CCCCC1.CC(C)CCC1CCCCC1.CC(C)CCC1CCNCC1.CC(C)CCN1CCCC1.CC(C)CCN1CCCCC1. The molecule has 0 atom stereocenters. The topological polar surface area (TPSA) is 18.5 Å². The molecule has 3 heterocycles. The molecule has 3 nitrogen and oxygen atoms in total. The third-order valence-corrected chi connectivity index (χ3v) is 15.7. The zero-order valence-corrected chi connectivity index (χ0v) is 46.7. The second-order valence-electron chi connectivity index (χ2n) is 25.1. The number of nitrogens with zero attached hydrogens (tertiary/aromatic N) is 2. The summed E-state index contributed by atoms with van der Waals surface area (Å²) < 4.78 is 0. The number of rotatable bonds is 18. The zero-order valence-electron chi connectivity index (χ0n) is 46.7. The quantitative estimate of drug-likeness (QED) is 0.148. The molecule has 0 unspecified atom stereocenters. The first-order valence-corrected chi connectivity index (χ1v) is 29.9. The van der Waals surface area contributed by atoms with Crippen molar-refractivity contribution >= 4 is 0 Å². The first-order chi connectivity index (χ1) is 30.7. The van der Waals surface area contributed by atoms with Gasteiger partial charge >= 0.3 is 0 Å². The molecule has 0 aromatic rings. The number of likely N-dealkylation sites (tertiary alicyclic amines) is 2. The molecule has 1 N–H and O–H groups in total. The van der Waals surface area contributed by atoms with Crippen LogP contribution >= 0.6 is 0 Å². The van der Waals surface area contributed by atoms with Crippen LogP contribution in [0.4, 0.5) is 0 Å². The summed E-state index contributed by atoms with van der Waals surface area (Å²) in [6.45, 7) is 38.4. The molecule has 0 radical (unpaired) electrons. The molecule has 64 heavy (non-hydrogen) atoms. The Morgan fingerprint density at radius 1 is 0.297 bits per heavy atom. The van der Waals surface area contributed by atoms with Gasteiger partial charge in [-0.2, -0.15) is 0 Å². The largest absolute Gasteiger partial charge is 0.317 e. The molecule has 3 heteroatoms. The molecule has 6 fully saturated rings. The minimum atomic E-state index is 0.872. The first kappa shape index (κ1) is 61.9. The van der Waals surface area contributed by atoms with E-state index in [2.05, 4.69) is 98.2 Å². The van der Waals surface area contributed by atoms with Crippen molar-refractivity contribution in [1.82, 2.24) is 15.1 Å². The zero-order chi connectivity index (χ0) is 47.2. The van der Waals surface area contributed by atoms with Crippen LogP contribution in [0.1, 0.15) is 282 Å². The molecule has 0 amide bonds. The highest BCUT2D eigenvalue weighted by atomic mass is 15.1. The Hall–Kier alpha value is -0.120. The molecule has 3 saturated carbocycles. The standard InChI is InChI=1S/2C11H22.2C10H21N.C10H20.C9H19N/c2*1-10(2)8-9-11-6-4-3-5-7-11;1-9(2)3-4-10-5-7-11-8-6-10;1-10(2)6-9-11-7-4-3-5-8-11;1-9(2)7-8-10-5-3-4-6-10;1-9(2)5-8-10-6-3-4-7-10/h2*10-11H,3-9H2,1-2H3;9-11H,3-8H2,1-2H3;10H,3-9H2,1-2H3;9-10H,3-8H2,1-2H3;9H,3-8H2,1-2H3. The summed E-state index contributed by atoms with van der Waals surface area (Å²) >= 11 is 0. The summed E-state index contributed by atoms with van der Waals surface area (Å²) in [5.41, 5.74) is 0. The van der Waals surface area contributed by atoms with E-state index in [1.807, 2.05) is 0 Å². The van der Waals surface area contributed by atoms with Crippen molar-refractivity contribution in [3.05, 3.63) is 0 Å². The lowest BCUT2D eigenvalue weighted by atomic mass is 9.85. The van der Waals surface area contributed by atoms with Gasteiger partial charge in [0, 0.05) is 0 Å². The molecule has 0 aromatic heterocycles. The maximum absolute atomic E-state index is 3.40. The molecule has 6 rings (SSSR count). The minimum absolute atomic E-state index is 0.872. The minimum Gasteiger partial charge on any atom is -0.317 e. The van der Waals surface area contributed by atoms with E-state index < -0.39 is 0 Å². The lowest BCUT2D eigenvalue weighted by Crippen LogP contribution is -2.31. The van der Waals surface area contributed by atoms with Gasteiger partial charge in [-0.05, 0) is 163 Å². The van der Waals surface area contributed by atoms with E-state index in [4.69, 9.17) is 0 Å². The molecule has 3 aliphatic heterocycles. The Labute approximate surface area is 407 Å². The Morgan fingerprint density at radius 3 is 0.812 bits per heavy atom. The van der Waals surface area contributed by atoms with Gasteiger partial charge in [0.05, 0.1) is 0 Å². The van der Waals surface area contributed by atoms with Gasteiger partial charge in [0.2, 0.25) is 0 Å². The monoisotopic (exact) mass is 900 g/mol. The van der Waals surface area contributed by atoms with E-state index in [-0.39, 0.29) is 0 Å². The van der Waals surface area contributed by atoms with Crippen molar-refractivity contribution in [3.8, 4) is 0 Å². The molecule has 6 aliphatic rings. The van der Waals surface area contributed by atoms with Gasteiger partial charge in [0.1, 0.15) is 0 Å². The Morgan fingerprint density at radius 2 is 0.531 bits per heavy atom. The normalized spacial score (nSPS) is 20.9. The third-order valence-electron chi connectivity index (χ3n) is 15.7. The number of piperidine rings is 2. The summed E-state index contributed by atoms with van der Waals surface area (Å²) in [7, 11) is 0. The Bertz CT molecular complexity index is 791. The third kappa shape index (κ3) is 39.8. The van der Waals surface area contributed by atoms with Crippen LogP contribution in [-0.2, 0) is 0 Å². The molecular weight excluding hydrogens is 775 g/mol. The number of hydrogen-bond donors (Lipinski definition) is 1. The van der Waals surface area contributed by atoms with E-state index in [9.17, 15) is 0 Å². The molecule has 3 aliphatic carbocycles. The van der Waals surface area contributed by atoms with E-state index in [0.717, 1.165) is 59.2 Å². The first-order valence-electron chi connectivity index (χ1n) is 29.9. The maximum Gasteiger partial charge on any atom is -0.00163 e. The fraction of sp³-hybridized carbons (Fsp3) is 1.00. The summed E-state index contributed by atoms with van der Waals surface area (Å²) in [5, 5.41) is 3.40. The van der Waals surface area contributed by atoms with Crippen LogP contribution in [-0.4, -0.2) is 62.2 Å². The average Bonchev–Trinajstić information content (AvgIpc) is 4.03. The second kappa shape index (κ2) is 41.8. The highest BCUT2D eigenvalue weighted by molar-refractivity contribution is 4.71. The predicted molar refractivity (Wildman–Crippen MR) is 292 cm³/mol. The van der Waals surface area contributed by atoms with E-state index in [1.54, 1.807) is 0 Å². The van der Waals surface area contributed by atoms with Crippen LogP contribution in [0.3, 0.4) is 0 Å².